The van der Waals surface area contributed by atoms with Gasteiger partial charge in [-0.15, -0.1) is 0 Å². The summed E-state index contributed by atoms with van der Waals surface area (Å²) in [5, 5.41) is 9.20. The first kappa shape index (κ1) is 16.2. The fraction of sp³-hybridized carbons (Fsp3) is 0.389. The van der Waals surface area contributed by atoms with Crippen LogP contribution in [0.5, 0.6) is 0 Å². The van der Waals surface area contributed by atoms with Crippen LogP contribution in [0.1, 0.15) is 18.2 Å². The molecule has 2 aromatic rings. The van der Waals surface area contributed by atoms with Crippen LogP contribution < -0.4 is 0 Å². The first-order chi connectivity index (χ1) is 11.5. The van der Waals surface area contributed by atoms with Crippen molar-refractivity contribution in [2.45, 2.75) is 19.9 Å². The summed E-state index contributed by atoms with van der Waals surface area (Å²) < 4.78 is 1.96. The monoisotopic (exact) mass is 327 g/mol. The Balaban J connectivity index is 1.66. The normalized spacial score (nSPS) is 20.3. The number of hydrogen-bond donors (Lipinski definition) is 1. The highest BCUT2D eigenvalue weighted by Gasteiger charge is 2.36. The van der Waals surface area contributed by atoms with Gasteiger partial charge < -0.3 is 14.6 Å². The number of imidazole rings is 1. The molecule has 0 aliphatic carbocycles. The maximum atomic E-state index is 12.5. The molecular weight excluding hydrogens is 306 g/mol. The van der Waals surface area contributed by atoms with E-state index in [0.29, 0.717) is 19.6 Å². The van der Waals surface area contributed by atoms with E-state index in [1.807, 2.05) is 41.8 Å². The van der Waals surface area contributed by atoms with Gasteiger partial charge in [-0.2, -0.15) is 0 Å². The van der Waals surface area contributed by atoms with E-state index in [1.54, 1.807) is 17.4 Å². The van der Waals surface area contributed by atoms with Crippen molar-refractivity contribution in [2.75, 3.05) is 13.1 Å². The number of carbonyl (C=O) groups is 2. The van der Waals surface area contributed by atoms with Gasteiger partial charge >= 0.3 is 5.97 Å². The van der Waals surface area contributed by atoms with Crippen molar-refractivity contribution in [2.24, 2.45) is 11.8 Å². The van der Waals surface area contributed by atoms with Gasteiger partial charge in [-0.3, -0.25) is 9.59 Å². The van der Waals surface area contributed by atoms with Crippen LogP contribution in [0.25, 0.3) is 0 Å². The maximum Gasteiger partial charge on any atom is 0.308 e. The molecule has 126 valence electrons. The molecule has 1 fully saturated rings. The van der Waals surface area contributed by atoms with Gasteiger partial charge in [0.1, 0.15) is 0 Å². The zero-order valence-electron chi connectivity index (χ0n) is 13.6. The van der Waals surface area contributed by atoms with Crippen LogP contribution in [0.3, 0.4) is 0 Å². The van der Waals surface area contributed by atoms with Gasteiger partial charge in [0, 0.05) is 31.5 Å². The van der Waals surface area contributed by atoms with Crippen LogP contribution in [0.2, 0.25) is 0 Å². The molecule has 0 radical (unpaired) electrons. The molecule has 0 saturated carbocycles. The molecule has 0 unspecified atom stereocenters. The Labute approximate surface area is 140 Å². The number of benzene rings is 1. The second-order valence-corrected chi connectivity index (χ2v) is 6.40. The molecule has 6 nitrogen and oxygen atoms in total. The van der Waals surface area contributed by atoms with Gasteiger partial charge in [0.25, 0.3) is 0 Å². The third-order valence-corrected chi connectivity index (χ3v) is 4.61. The van der Waals surface area contributed by atoms with E-state index < -0.39 is 11.9 Å². The first-order valence-electron chi connectivity index (χ1n) is 8.08. The average molecular weight is 327 g/mol. The van der Waals surface area contributed by atoms with E-state index in [0.717, 1.165) is 11.3 Å². The largest absolute Gasteiger partial charge is 0.481 e. The highest BCUT2D eigenvalue weighted by molar-refractivity contribution is 5.80. The van der Waals surface area contributed by atoms with Gasteiger partial charge in [-0.1, -0.05) is 37.3 Å². The van der Waals surface area contributed by atoms with E-state index in [-0.39, 0.29) is 18.2 Å². The zero-order chi connectivity index (χ0) is 17.1. The minimum Gasteiger partial charge on any atom is -0.481 e. The highest BCUT2D eigenvalue weighted by Crippen LogP contribution is 2.23. The molecule has 1 aliphatic rings. The highest BCUT2D eigenvalue weighted by atomic mass is 16.4. The Morgan fingerprint density at radius 2 is 2.00 bits per heavy atom. The van der Waals surface area contributed by atoms with Crippen LogP contribution in [-0.2, 0) is 22.6 Å². The predicted octanol–water partition coefficient (Wildman–Crippen LogP) is 1.65. The molecule has 1 aromatic carbocycles. The number of likely N-dealkylation sites (tertiary alicyclic amines) is 1. The molecule has 1 amide bonds. The molecule has 0 bridgehead atoms. The summed E-state index contributed by atoms with van der Waals surface area (Å²) in [6.07, 6.45) is 3.67. The Morgan fingerprint density at radius 1 is 1.25 bits per heavy atom. The number of aliphatic carboxylic acids is 1. The molecule has 24 heavy (non-hydrogen) atoms. The number of carboxylic acid groups (broad SMARTS) is 1. The number of aromatic nitrogens is 2. The number of amides is 1. The maximum absolute atomic E-state index is 12.5. The molecule has 2 heterocycles. The van der Waals surface area contributed by atoms with Gasteiger partial charge in [0.15, 0.2) is 0 Å². The van der Waals surface area contributed by atoms with Crippen molar-refractivity contribution in [1.82, 2.24) is 14.5 Å². The van der Waals surface area contributed by atoms with Crippen molar-refractivity contribution in [3.63, 3.8) is 0 Å². The predicted molar refractivity (Wildman–Crippen MR) is 88.3 cm³/mol. The Hall–Kier alpha value is -2.63. The minimum atomic E-state index is -0.827. The molecule has 1 aliphatic heterocycles. The van der Waals surface area contributed by atoms with Crippen molar-refractivity contribution < 1.29 is 14.7 Å². The number of hydrogen-bond acceptors (Lipinski definition) is 3. The van der Waals surface area contributed by atoms with Crippen LogP contribution in [0.15, 0.2) is 42.9 Å². The fourth-order valence-electron chi connectivity index (χ4n) is 3.18. The lowest BCUT2D eigenvalue weighted by Crippen LogP contribution is -2.31. The van der Waals surface area contributed by atoms with E-state index in [4.69, 9.17) is 0 Å². The SMILES string of the molecule is C[C@@H]1CN(C(=O)Cc2cncn2Cc2ccccc2)C[C@H]1C(=O)O. The number of nitrogens with zero attached hydrogens (tertiary/aromatic N) is 3. The molecule has 1 aromatic heterocycles. The third-order valence-electron chi connectivity index (χ3n) is 4.61. The third kappa shape index (κ3) is 3.48. The van der Waals surface area contributed by atoms with Crippen LogP contribution in [0, 0.1) is 11.8 Å². The molecule has 0 spiro atoms. The summed E-state index contributed by atoms with van der Waals surface area (Å²) in [5.41, 5.74) is 1.99. The second kappa shape index (κ2) is 6.86. The van der Waals surface area contributed by atoms with E-state index in [2.05, 4.69) is 4.98 Å². The van der Waals surface area contributed by atoms with Crippen molar-refractivity contribution >= 4 is 11.9 Å². The van der Waals surface area contributed by atoms with Crippen LogP contribution >= 0.6 is 0 Å². The Kier molecular flexibility index (Phi) is 4.64. The lowest BCUT2D eigenvalue weighted by Gasteiger charge is -2.16. The second-order valence-electron chi connectivity index (χ2n) is 6.40. The molecule has 1 N–H and O–H groups in total. The van der Waals surface area contributed by atoms with E-state index >= 15 is 0 Å². The Bertz CT molecular complexity index is 726. The molecular formula is C18H21N3O3. The topological polar surface area (TPSA) is 75.4 Å². The number of carboxylic acids is 1. The summed E-state index contributed by atoms with van der Waals surface area (Å²) in [4.78, 5) is 29.5. The number of rotatable bonds is 5. The summed E-state index contributed by atoms with van der Waals surface area (Å²) in [7, 11) is 0. The fourth-order valence-corrected chi connectivity index (χ4v) is 3.18. The summed E-state index contributed by atoms with van der Waals surface area (Å²) in [6, 6.07) is 10.00. The average Bonchev–Trinajstić information content (AvgIpc) is 3.15. The zero-order valence-corrected chi connectivity index (χ0v) is 13.6. The smallest absolute Gasteiger partial charge is 0.308 e. The summed E-state index contributed by atoms with van der Waals surface area (Å²) >= 11 is 0. The lowest BCUT2D eigenvalue weighted by atomic mass is 9.99. The van der Waals surface area contributed by atoms with Crippen LogP contribution in [-0.4, -0.2) is 44.5 Å². The molecule has 1 saturated heterocycles. The number of carbonyl (C=O) groups excluding carboxylic acids is 1. The van der Waals surface area contributed by atoms with Crippen molar-refractivity contribution in [3.8, 4) is 0 Å². The summed E-state index contributed by atoms with van der Waals surface area (Å²) in [6.45, 7) is 3.34. The summed E-state index contributed by atoms with van der Waals surface area (Å²) in [5.74, 6) is -1.35. The minimum absolute atomic E-state index is 0.0133. The quantitative estimate of drug-likeness (QED) is 0.906. The van der Waals surface area contributed by atoms with Crippen molar-refractivity contribution in [1.29, 1.82) is 0 Å². The van der Waals surface area contributed by atoms with Crippen LogP contribution in [0.4, 0.5) is 0 Å². The van der Waals surface area contributed by atoms with Crippen molar-refractivity contribution in [3.05, 3.63) is 54.1 Å². The molecule has 2 atom stereocenters. The standard InChI is InChI=1S/C18H21N3O3/c1-13-9-20(11-16(13)18(23)24)17(22)7-15-8-19-12-21(15)10-14-5-3-2-4-6-14/h2-6,8,12-13,16H,7,9-11H2,1H3,(H,23,24)/t13-,16-/m1/s1. The first-order valence-corrected chi connectivity index (χ1v) is 8.08. The molecule has 3 rings (SSSR count). The van der Waals surface area contributed by atoms with Gasteiger partial charge in [0.05, 0.1) is 18.7 Å². The van der Waals surface area contributed by atoms with Gasteiger partial charge in [0.2, 0.25) is 5.91 Å². The lowest BCUT2D eigenvalue weighted by molar-refractivity contribution is -0.142. The molecule has 6 heteroatoms. The van der Waals surface area contributed by atoms with Gasteiger partial charge in [-0.05, 0) is 11.5 Å². The van der Waals surface area contributed by atoms with E-state index in [9.17, 15) is 14.7 Å². The Morgan fingerprint density at radius 3 is 2.67 bits per heavy atom. The van der Waals surface area contributed by atoms with Gasteiger partial charge in [-0.25, -0.2) is 4.98 Å². The van der Waals surface area contributed by atoms with E-state index in [1.165, 1.54) is 0 Å².